The molecule has 1 fully saturated rings. The second kappa shape index (κ2) is 9.86. The van der Waals surface area contributed by atoms with Crippen molar-refractivity contribution in [1.82, 2.24) is 24.4 Å². The average molecular weight is 594 g/mol. The molecule has 0 aliphatic carbocycles. The summed E-state index contributed by atoms with van der Waals surface area (Å²) in [6.07, 6.45) is 4.28. The summed E-state index contributed by atoms with van der Waals surface area (Å²) in [6, 6.07) is 4.29. The Hall–Kier alpha value is -2.12. The first-order valence-corrected chi connectivity index (χ1v) is 13.4. The maximum absolute atomic E-state index is 12.1. The fraction of sp³-hybridized carbons (Fsp3) is 0.478. The number of aliphatic hydroxyl groups is 1. The molecule has 0 spiro atoms. The van der Waals surface area contributed by atoms with Crippen LogP contribution in [-0.2, 0) is 17.8 Å². The normalized spacial score (nSPS) is 17.1. The van der Waals surface area contributed by atoms with Crippen LogP contribution >= 0.6 is 34.4 Å². The van der Waals surface area contributed by atoms with Crippen LogP contribution in [0, 0.1) is 9.49 Å². The van der Waals surface area contributed by atoms with Gasteiger partial charge in [0, 0.05) is 34.5 Å². The third-order valence-corrected chi connectivity index (χ3v) is 8.83. The Labute approximate surface area is 215 Å². The molecule has 11 heteroatoms. The summed E-state index contributed by atoms with van der Waals surface area (Å²) in [4.78, 5) is 28.4. The number of hydrogen-bond donors (Lipinski definition) is 2. The standard InChI is InChI=1S/C23H27IN6O3S/c1-13(31)22(32)29-6-2-14(3-7-29)4-8-30-21-19(20(25)26-12-27-21)28-23(30)34-18-11-17-15(5-9-33-17)10-16(18)24/h10-14,31H,2-9H2,1H3,(H2,25,26,27)/t13-/m0/s1. The molecule has 2 aromatic heterocycles. The zero-order chi connectivity index (χ0) is 23.8. The summed E-state index contributed by atoms with van der Waals surface area (Å²) in [5.74, 6) is 1.63. The number of ether oxygens (including phenoxy) is 1. The summed E-state index contributed by atoms with van der Waals surface area (Å²) in [6.45, 7) is 4.37. The third-order valence-electron chi connectivity index (χ3n) is 6.52. The van der Waals surface area contributed by atoms with Crippen LogP contribution in [0.3, 0.4) is 0 Å². The Balaban J connectivity index is 1.36. The fourth-order valence-corrected chi connectivity index (χ4v) is 6.39. The Morgan fingerprint density at radius 1 is 1.35 bits per heavy atom. The number of rotatable bonds is 6. The Morgan fingerprint density at radius 2 is 2.15 bits per heavy atom. The van der Waals surface area contributed by atoms with E-state index < -0.39 is 6.10 Å². The molecule has 3 aromatic rings. The van der Waals surface area contributed by atoms with Crippen molar-refractivity contribution in [2.45, 2.75) is 55.3 Å². The predicted octanol–water partition coefficient (Wildman–Crippen LogP) is 3.11. The maximum Gasteiger partial charge on any atom is 0.251 e. The number of hydrogen-bond acceptors (Lipinski definition) is 8. The Morgan fingerprint density at radius 3 is 2.91 bits per heavy atom. The van der Waals surface area contributed by atoms with E-state index in [-0.39, 0.29) is 5.91 Å². The minimum absolute atomic E-state index is 0.183. The number of carbonyl (C=O) groups excluding carboxylic acids is 1. The predicted molar refractivity (Wildman–Crippen MR) is 138 cm³/mol. The van der Waals surface area contributed by atoms with Gasteiger partial charge in [0.25, 0.3) is 5.91 Å². The third kappa shape index (κ3) is 4.69. The number of anilines is 1. The number of nitrogens with zero attached hydrogens (tertiary/aromatic N) is 5. The number of imidazole rings is 1. The van der Waals surface area contributed by atoms with E-state index in [0.29, 0.717) is 30.3 Å². The molecule has 1 atom stereocenters. The van der Waals surface area contributed by atoms with E-state index in [9.17, 15) is 9.90 Å². The quantitative estimate of drug-likeness (QED) is 0.418. The number of aryl methyl sites for hydroxylation is 1. The second-order valence-corrected chi connectivity index (χ2v) is 11.0. The molecule has 3 N–H and O–H groups in total. The topological polar surface area (TPSA) is 119 Å². The number of amides is 1. The molecule has 9 nitrogen and oxygen atoms in total. The van der Waals surface area contributed by atoms with Crippen molar-refractivity contribution in [3.8, 4) is 5.75 Å². The molecule has 2 aliphatic rings. The molecule has 1 amide bonds. The molecule has 34 heavy (non-hydrogen) atoms. The summed E-state index contributed by atoms with van der Waals surface area (Å²) >= 11 is 3.97. The summed E-state index contributed by atoms with van der Waals surface area (Å²) in [5, 5.41) is 10.4. The van der Waals surface area contributed by atoms with E-state index in [4.69, 9.17) is 15.5 Å². The van der Waals surface area contributed by atoms with E-state index >= 15 is 0 Å². The Bertz CT molecular complexity index is 1230. The van der Waals surface area contributed by atoms with Crippen molar-refractivity contribution in [3.63, 3.8) is 0 Å². The number of fused-ring (bicyclic) bond motifs is 2. The smallest absolute Gasteiger partial charge is 0.251 e. The minimum Gasteiger partial charge on any atom is -0.493 e. The van der Waals surface area contributed by atoms with Gasteiger partial charge in [-0.05, 0) is 72.4 Å². The number of halogens is 1. The number of likely N-dealkylation sites (tertiary alicyclic amines) is 1. The number of carbonyl (C=O) groups is 1. The highest BCUT2D eigenvalue weighted by molar-refractivity contribution is 14.1. The molecule has 180 valence electrons. The van der Waals surface area contributed by atoms with Gasteiger partial charge < -0.3 is 25.0 Å². The highest BCUT2D eigenvalue weighted by Crippen LogP contribution is 2.39. The van der Waals surface area contributed by atoms with Gasteiger partial charge in [-0.1, -0.05) is 11.8 Å². The summed E-state index contributed by atoms with van der Waals surface area (Å²) < 4.78 is 9.08. The number of piperidine rings is 1. The summed E-state index contributed by atoms with van der Waals surface area (Å²) in [5.41, 5.74) is 8.73. The molecule has 4 heterocycles. The molecule has 1 aromatic carbocycles. The lowest BCUT2D eigenvalue weighted by atomic mass is 9.93. The van der Waals surface area contributed by atoms with Crippen LogP contribution in [0.1, 0.15) is 31.7 Å². The van der Waals surface area contributed by atoms with Crippen LogP contribution in [-0.4, -0.2) is 61.2 Å². The van der Waals surface area contributed by atoms with E-state index in [0.717, 1.165) is 60.3 Å². The minimum atomic E-state index is -0.939. The molecule has 1 saturated heterocycles. The van der Waals surface area contributed by atoms with Gasteiger partial charge in [-0.2, -0.15) is 0 Å². The van der Waals surface area contributed by atoms with Gasteiger partial charge in [0.15, 0.2) is 22.1 Å². The number of benzene rings is 1. The highest BCUT2D eigenvalue weighted by Gasteiger charge is 2.26. The van der Waals surface area contributed by atoms with Gasteiger partial charge in [0.05, 0.1) is 6.61 Å². The fourth-order valence-electron chi connectivity index (χ4n) is 4.58. The highest BCUT2D eigenvalue weighted by atomic mass is 127. The SMILES string of the molecule is C[C@H](O)C(=O)N1CCC(CCn2c(Sc3cc4c(cc3I)CCO4)nc3c(N)ncnc32)CC1. The number of aliphatic hydroxyl groups excluding tert-OH is 1. The van der Waals surface area contributed by atoms with E-state index in [1.807, 2.05) is 0 Å². The lowest BCUT2D eigenvalue weighted by molar-refractivity contribution is -0.140. The van der Waals surface area contributed by atoms with E-state index in [1.165, 1.54) is 22.4 Å². The lowest BCUT2D eigenvalue weighted by Crippen LogP contribution is -2.43. The average Bonchev–Trinajstić information content (AvgIpc) is 3.42. The largest absolute Gasteiger partial charge is 0.493 e. The molecular weight excluding hydrogens is 567 g/mol. The van der Waals surface area contributed by atoms with Crippen molar-refractivity contribution in [2.24, 2.45) is 5.92 Å². The molecule has 5 rings (SSSR count). The molecule has 0 radical (unpaired) electrons. The van der Waals surface area contributed by atoms with Crippen LogP contribution in [0.4, 0.5) is 5.82 Å². The number of aromatic nitrogens is 4. The van der Waals surface area contributed by atoms with Crippen LogP contribution in [0.5, 0.6) is 5.75 Å². The zero-order valence-electron chi connectivity index (χ0n) is 18.9. The van der Waals surface area contributed by atoms with Gasteiger partial charge in [-0.25, -0.2) is 15.0 Å². The molecule has 0 saturated carbocycles. The molecular formula is C23H27IN6O3S. The molecule has 0 bridgehead atoms. The first kappa shape index (κ1) is 23.6. The van der Waals surface area contributed by atoms with Crippen LogP contribution in [0.15, 0.2) is 28.5 Å². The molecule has 0 unspecified atom stereocenters. The van der Waals surface area contributed by atoms with Crippen LogP contribution in [0.2, 0.25) is 0 Å². The first-order valence-electron chi connectivity index (χ1n) is 11.5. The van der Waals surface area contributed by atoms with Gasteiger partial charge >= 0.3 is 0 Å². The van der Waals surface area contributed by atoms with Crippen molar-refractivity contribution < 1.29 is 14.6 Å². The maximum atomic E-state index is 12.1. The van der Waals surface area contributed by atoms with Gasteiger partial charge in [-0.15, -0.1) is 0 Å². The van der Waals surface area contributed by atoms with Crippen molar-refractivity contribution >= 4 is 57.2 Å². The van der Waals surface area contributed by atoms with Crippen LogP contribution in [0.25, 0.3) is 11.2 Å². The number of nitrogens with two attached hydrogens (primary N) is 1. The molecule has 2 aliphatic heterocycles. The van der Waals surface area contributed by atoms with Gasteiger partial charge in [0.1, 0.15) is 18.2 Å². The summed E-state index contributed by atoms with van der Waals surface area (Å²) in [7, 11) is 0. The monoisotopic (exact) mass is 594 g/mol. The van der Waals surface area contributed by atoms with Crippen LogP contribution < -0.4 is 10.5 Å². The van der Waals surface area contributed by atoms with Gasteiger partial charge in [0.2, 0.25) is 0 Å². The van der Waals surface area contributed by atoms with Gasteiger partial charge in [-0.3, -0.25) is 4.79 Å². The van der Waals surface area contributed by atoms with Crippen molar-refractivity contribution in [2.75, 3.05) is 25.4 Å². The zero-order valence-corrected chi connectivity index (χ0v) is 21.9. The van der Waals surface area contributed by atoms with Crippen molar-refractivity contribution in [1.29, 1.82) is 0 Å². The first-order chi connectivity index (χ1) is 16.4. The lowest BCUT2D eigenvalue weighted by Gasteiger charge is -2.32. The van der Waals surface area contributed by atoms with Crippen molar-refractivity contribution in [3.05, 3.63) is 27.6 Å². The van der Waals surface area contributed by atoms with E-state index in [1.54, 1.807) is 16.7 Å². The second-order valence-electron chi connectivity index (χ2n) is 8.80. The van der Waals surface area contributed by atoms with E-state index in [2.05, 4.69) is 49.3 Å². The number of nitrogen functional groups attached to an aromatic ring is 1. The Kier molecular flexibility index (Phi) is 6.85.